The van der Waals surface area contributed by atoms with Crippen LogP contribution in [0.3, 0.4) is 0 Å². The Balaban J connectivity index is 2.08. The summed E-state index contributed by atoms with van der Waals surface area (Å²) in [6.45, 7) is 4.78. The van der Waals surface area contributed by atoms with Gasteiger partial charge in [-0.05, 0) is 43.7 Å². The fraction of sp³-hybridized carbons (Fsp3) is 0.389. The zero-order valence-electron chi connectivity index (χ0n) is 14.8. The van der Waals surface area contributed by atoms with Crippen LogP contribution < -0.4 is 15.5 Å². The average molecular weight is 327 g/mol. The van der Waals surface area contributed by atoms with E-state index in [0.29, 0.717) is 11.6 Å². The molecule has 0 aliphatic rings. The Labute approximate surface area is 143 Å². The molecule has 0 spiro atoms. The van der Waals surface area contributed by atoms with E-state index in [2.05, 4.69) is 27.5 Å². The largest absolute Gasteiger partial charge is 0.378 e. The third kappa shape index (κ3) is 4.94. The van der Waals surface area contributed by atoms with Crippen molar-refractivity contribution in [3.63, 3.8) is 0 Å². The molecule has 0 unspecified atom stereocenters. The summed E-state index contributed by atoms with van der Waals surface area (Å²) in [6.07, 6.45) is 2.13. The number of aryl methyl sites for hydroxylation is 1. The molecule has 0 saturated carbocycles. The van der Waals surface area contributed by atoms with Gasteiger partial charge in [0.2, 0.25) is 5.95 Å². The highest BCUT2D eigenvalue weighted by Gasteiger charge is 2.11. The number of benzene rings is 1. The molecule has 1 aromatic carbocycles. The minimum Gasteiger partial charge on any atom is -0.378 e. The molecule has 0 saturated heterocycles. The van der Waals surface area contributed by atoms with Gasteiger partial charge in [0.25, 0.3) is 5.91 Å². The Morgan fingerprint density at radius 3 is 2.50 bits per heavy atom. The highest BCUT2D eigenvalue weighted by Crippen LogP contribution is 2.16. The molecule has 0 atom stereocenters. The fourth-order valence-electron chi connectivity index (χ4n) is 2.18. The first-order chi connectivity index (χ1) is 11.5. The van der Waals surface area contributed by atoms with Crippen LogP contribution in [0.1, 0.15) is 35.9 Å². The molecule has 6 nitrogen and oxygen atoms in total. The van der Waals surface area contributed by atoms with E-state index in [1.807, 2.05) is 50.2 Å². The normalized spacial score (nSPS) is 10.3. The molecule has 0 aliphatic heterocycles. The molecule has 0 aliphatic carbocycles. The molecule has 1 aromatic heterocycles. The van der Waals surface area contributed by atoms with Gasteiger partial charge in [-0.1, -0.05) is 13.3 Å². The van der Waals surface area contributed by atoms with Crippen molar-refractivity contribution in [2.75, 3.05) is 36.2 Å². The number of carbonyl (C=O) groups is 1. The Hall–Kier alpha value is -2.63. The number of rotatable bonds is 7. The predicted molar refractivity (Wildman–Crippen MR) is 98.9 cm³/mol. The lowest BCUT2D eigenvalue weighted by molar-refractivity contribution is 0.102. The number of aromatic nitrogens is 2. The lowest BCUT2D eigenvalue weighted by atomic mass is 10.2. The smallest absolute Gasteiger partial charge is 0.274 e. The van der Waals surface area contributed by atoms with Crippen LogP contribution in [0.15, 0.2) is 30.3 Å². The van der Waals surface area contributed by atoms with E-state index in [4.69, 9.17) is 0 Å². The van der Waals surface area contributed by atoms with Crippen molar-refractivity contribution in [1.82, 2.24) is 9.97 Å². The molecule has 6 heteroatoms. The standard InChI is InChI=1S/C18H25N5O/c1-5-6-11-19-18-20-13(2)12-16(22-18)17(24)21-14-7-9-15(10-8-14)23(3)4/h7-10,12H,5-6,11H2,1-4H3,(H,21,24)(H,19,20,22). The maximum absolute atomic E-state index is 12.4. The van der Waals surface area contributed by atoms with Gasteiger partial charge < -0.3 is 15.5 Å². The Kier molecular flexibility index (Phi) is 6.12. The van der Waals surface area contributed by atoms with Crippen LogP contribution in [0.2, 0.25) is 0 Å². The first kappa shape index (κ1) is 17.7. The minimum atomic E-state index is -0.239. The summed E-state index contributed by atoms with van der Waals surface area (Å²) >= 11 is 0. The Morgan fingerprint density at radius 2 is 1.88 bits per heavy atom. The van der Waals surface area contributed by atoms with Crippen molar-refractivity contribution >= 4 is 23.2 Å². The van der Waals surface area contributed by atoms with Crippen molar-refractivity contribution in [1.29, 1.82) is 0 Å². The van der Waals surface area contributed by atoms with E-state index in [1.54, 1.807) is 6.07 Å². The molecular formula is C18H25N5O. The average Bonchev–Trinajstić information content (AvgIpc) is 2.55. The van der Waals surface area contributed by atoms with Crippen molar-refractivity contribution in [3.8, 4) is 0 Å². The fourth-order valence-corrected chi connectivity index (χ4v) is 2.18. The zero-order valence-corrected chi connectivity index (χ0v) is 14.8. The van der Waals surface area contributed by atoms with Crippen LogP contribution in [0.25, 0.3) is 0 Å². The van der Waals surface area contributed by atoms with Crippen LogP contribution in [0.4, 0.5) is 17.3 Å². The van der Waals surface area contributed by atoms with Gasteiger partial charge in [-0.3, -0.25) is 4.79 Å². The molecule has 2 N–H and O–H groups in total. The van der Waals surface area contributed by atoms with Gasteiger partial charge in [0.1, 0.15) is 5.69 Å². The van der Waals surface area contributed by atoms with E-state index in [-0.39, 0.29) is 5.91 Å². The molecule has 1 heterocycles. The van der Waals surface area contributed by atoms with Crippen LogP contribution in [0.5, 0.6) is 0 Å². The zero-order chi connectivity index (χ0) is 17.5. The monoisotopic (exact) mass is 327 g/mol. The van der Waals surface area contributed by atoms with Gasteiger partial charge in [-0.25, -0.2) is 9.97 Å². The highest BCUT2D eigenvalue weighted by molar-refractivity contribution is 6.03. The summed E-state index contributed by atoms with van der Waals surface area (Å²) < 4.78 is 0. The lowest BCUT2D eigenvalue weighted by Crippen LogP contribution is -2.16. The molecule has 0 radical (unpaired) electrons. The number of anilines is 3. The first-order valence-electron chi connectivity index (χ1n) is 8.18. The molecule has 1 amide bonds. The first-order valence-corrected chi connectivity index (χ1v) is 8.18. The number of hydrogen-bond acceptors (Lipinski definition) is 5. The second-order valence-corrected chi connectivity index (χ2v) is 5.89. The van der Waals surface area contributed by atoms with Gasteiger partial charge in [0, 0.05) is 37.7 Å². The molecule has 128 valence electrons. The number of nitrogens with zero attached hydrogens (tertiary/aromatic N) is 3. The molecule has 0 bridgehead atoms. The summed E-state index contributed by atoms with van der Waals surface area (Å²) in [7, 11) is 3.95. The molecule has 0 fully saturated rings. The topological polar surface area (TPSA) is 70.2 Å². The van der Waals surface area contributed by atoms with Crippen LogP contribution in [0, 0.1) is 6.92 Å². The van der Waals surface area contributed by atoms with E-state index in [1.165, 1.54) is 0 Å². The Morgan fingerprint density at radius 1 is 1.17 bits per heavy atom. The quantitative estimate of drug-likeness (QED) is 0.764. The third-order valence-corrected chi connectivity index (χ3v) is 3.54. The van der Waals surface area contributed by atoms with Crippen LogP contribution in [-0.4, -0.2) is 36.5 Å². The summed E-state index contributed by atoms with van der Waals surface area (Å²) in [4.78, 5) is 23.1. The maximum atomic E-state index is 12.4. The minimum absolute atomic E-state index is 0.239. The van der Waals surface area contributed by atoms with Gasteiger partial charge in [0.05, 0.1) is 0 Å². The molecule has 24 heavy (non-hydrogen) atoms. The number of carbonyl (C=O) groups excluding carboxylic acids is 1. The van der Waals surface area contributed by atoms with Crippen LogP contribution >= 0.6 is 0 Å². The van der Waals surface area contributed by atoms with Crippen molar-refractivity contribution < 1.29 is 4.79 Å². The van der Waals surface area contributed by atoms with Crippen molar-refractivity contribution in [3.05, 3.63) is 41.7 Å². The maximum Gasteiger partial charge on any atom is 0.274 e. The highest BCUT2D eigenvalue weighted by atomic mass is 16.1. The summed E-state index contributed by atoms with van der Waals surface area (Å²) in [6, 6.07) is 9.36. The number of nitrogens with one attached hydrogen (secondary N) is 2. The summed E-state index contributed by atoms with van der Waals surface area (Å²) in [5.74, 6) is 0.258. The van der Waals surface area contributed by atoms with Gasteiger partial charge in [0.15, 0.2) is 0 Å². The van der Waals surface area contributed by atoms with Gasteiger partial charge in [-0.2, -0.15) is 0 Å². The predicted octanol–water partition coefficient (Wildman–Crippen LogP) is 3.32. The second-order valence-electron chi connectivity index (χ2n) is 5.89. The molecule has 2 aromatic rings. The van der Waals surface area contributed by atoms with Gasteiger partial charge in [-0.15, -0.1) is 0 Å². The molecule has 2 rings (SSSR count). The Bertz CT molecular complexity index is 682. The SMILES string of the molecule is CCCCNc1nc(C)cc(C(=O)Nc2ccc(N(C)C)cc2)n1. The second kappa shape index (κ2) is 8.29. The molecular weight excluding hydrogens is 302 g/mol. The van der Waals surface area contributed by atoms with E-state index >= 15 is 0 Å². The van der Waals surface area contributed by atoms with E-state index < -0.39 is 0 Å². The number of amides is 1. The van der Waals surface area contributed by atoms with Gasteiger partial charge >= 0.3 is 0 Å². The van der Waals surface area contributed by atoms with Crippen molar-refractivity contribution in [2.45, 2.75) is 26.7 Å². The lowest BCUT2D eigenvalue weighted by Gasteiger charge is -2.13. The number of unbranched alkanes of at least 4 members (excludes halogenated alkanes) is 1. The summed E-state index contributed by atoms with van der Waals surface area (Å²) in [5.41, 5.74) is 2.94. The van der Waals surface area contributed by atoms with Crippen LogP contribution in [-0.2, 0) is 0 Å². The van der Waals surface area contributed by atoms with E-state index in [0.717, 1.165) is 36.5 Å². The number of hydrogen-bond donors (Lipinski definition) is 2. The van der Waals surface area contributed by atoms with E-state index in [9.17, 15) is 4.79 Å². The van der Waals surface area contributed by atoms with Crippen molar-refractivity contribution in [2.24, 2.45) is 0 Å². The summed E-state index contributed by atoms with van der Waals surface area (Å²) in [5, 5.41) is 6.03. The third-order valence-electron chi connectivity index (χ3n) is 3.54.